The van der Waals surface area contributed by atoms with Crippen LogP contribution in [0.1, 0.15) is 55.9 Å². The van der Waals surface area contributed by atoms with Gasteiger partial charge >= 0.3 is 0 Å². The molecule has 0 saturated carbocycles. The van der Waals surface area contributed by atoms with E-state index in [0.717, 1.165) is 43.1 Å². The van der Waals surface area contributed by atoms with Crippen LogP contribution in [0.2, 0.25) is 0 Å². The van der Waals surface area contributed by atoms with Crippen molar-refractivity contribution in [1.82, 2.24) is 15.3 Å². The van der Waals surface area contributed by atoms with Crippen LogP contribution < -0.4 is 5.32 Å². The summed E-state index contributed by atoms with van der Waals surface area (Å²) in [5.41, 5.74) is 3.64. The molecule has 1 heterocycles. The van der Waals surface area contributed by atoms with Crippen LogP contribution in [0, 0.1) is 13.8 Å². The standard InChI is InChI=1S/C15H27N3/c1-5-7-8-15-17-12(3)14(13(4)18-15)9-11-16-10-6-2/h16H,5-11H2,1-4H3. The van der Waals surface area contributed by atoms with Crippen molar-refractivity contribution < 1.29 is 0 Å². The highest BCUT2D eigenvalue weighted by Gasteiger charge is 2.07. The summed E-state index contributed by atoms with van der Waals surface area (Å²) in [5.74, 6) is 1.01. The molecule has 3 nitrogen and oxygen atoms in total. The van der Waals surface area contributed by atoms with Crippen LogP contribution in [-0.2, 0) is 12.8 Å². The van der Waals surface area contributed by atoms with Gasteiger partial charge in [-0.15, -0.1) is 0 Å². The summed E-state index contributed by atoms with van der Waals surface area (Å²) in [7, 11) is 0. The molecular weight excluding hydrogens is 222 g/mol. The number of aromatic nitrogens is 2. The fourth-order valence-electron chi connectivity index (χ4n) is 2.13. The van der Waals surface area contributed by atoms with Crippen molar-refractivity contribution in [3.8, 4) is 0 Å². The molecule has 0 aliphatic rings. The normalized spacial score (nSPS) is 10.9. The monoisotopic (exact) mass is 249 g/mol. The number of nitrogens with zero attached hydrogens (tertiary/aromatic N) is 2. The fraction of sp³-hybridized carbons (Fsp3) is 0.733. The van der Waals surface area contributed by atoms with Gasteiger partial charge in [-0.2, -0.15) is 0 Å². The van der Waals surface area contributed by atoms with Crippen molar-refractivity contribution in [3.05, 3.63) is 22.8 Å². The Morgan fingerprint density at radius 2 is 1.56 bits per heavy atom. The van der Waals surface area contributed by atoms with E-state index >= 15 is 0 Å². The predicted octanol–water partition coefficient (Wildman–Crippen LogP) is 2.98. The molecule has 3 heteroatoms. The largest absolute Gasteiger partial charge is 0.316 e. The maximum atomic E-state index is 4.63. The van der Waals surface area contributed by atoms with Crippen molar-refractivity contribution in [2.45, 2.75) is 59.8 Å². The topological polar surface area (TPSA) is 37.8 Å². The zero-order chi connectivity index (χ0) is 13.4. The zero-order valence-electron chi connectivity index (χ0n) is 12.3. The molecule has 1 aromatic heterocycles. The Labute approximate surface area is 111 Å². The highest BCUT2D eigenvalue weighted by atomic mass is 14.9. The third kappa shape index (κ3) is 4.73. The van der Waals surface area contributed by atoms with Gasteiger partial charge in [0.05, 0.1) is 0 Å². The molecule has 0 unspecified atom stereocenters. The van der Waals surface area contributed by atoms with Crippen molar-refractivity contribution in [1.29, 1.82) is 0 Å². The van der Waals surface area contributed by atoms with E-state index in [1.54, 1.807) is 0 Å². The van der Waals surface area contributed by atoms with Gasteiger partial charge in [0, 0.05) is 17.8 Å². The maximum absolute atomic E-state index is 4.63. The van der Waals surface area contributed by atoms with Crippen LogP contribution >= 0.6 is 0 Å². The molecule has 0 bridgehead atoms. The number of hydrogen-bond donors (Lipinski definition) is 1. The molecule has 0 atom stereocenters. The van der Waals surface area contributed by atoms with E-state index in [-0.39, 0.29) is 0 Å². The molecule has 102 valence electrons. The van der Waals surface area contributed by atoms with E-state index in [1.165, 1.54) is 24.8 Å². The first-order valence-electron chi connectivity index (χ1n) is 7.22. The van der Waals surface area contributed by atoms with E-state index in [0.29, 0.717) is 0 Å². The fourth-order valence-corrected chi connectivity index (χ4v) is 2.13. The van der Waals surface area contributed by atoms with Gasteiger partial charge in [0.25, 0.3) is 0 Å². The number of aryl methyl sites for hydroxylation is 3. The second-order valence-corrected chi connectivity index (χ2v) is 4.89. The molecular formula is C15H27N3. The lowest BCUT2D eigenvalue weighted by Gasteiger charge is -2.11. The molecule has 0 aliphatic carbocycles. The molecule has 0 fully saturated rings. The Morgan fingerprint density at radius 1 is 0.889 bits per heavy atom. The van der Waals surface area contributed by atoms with Gasteiger partial charge in [0.1, 0.15) is 5.82 Å². The van der Waals surface area contributed by atoms with Gasteiger partial charge in [-0.3, -0.25) is 0 Å². The second-order valence-electron chi connectivity index (χ2n) is 4.89. The van der Waals surface area contributed by atoms with Crippen molar-refractivity contribution in [2.75, 3.05) is 13.1 Å². The van der Waals surface area contributed by atoms with E-state index < -0.39 is 0 Å². The molecule has 0 aromatic carbocycles. The molecule has 0 amide bonds. The Balaban J connectivity index is 2.62. The number of hydrogen-bond acceptors (Lipinski definition) is 3. The third-order valence-electron chi connectivity index (χ3n) is 3.20. The molecule has 18 heavy (non-hydrogen) atoms. The van der Waals surface area contributed by atoms with E-state index in [9.17, 15) is 0 Å². The molecule has 0 saturated heterocycles. The first kappa shape index (κ1) is 15.1. The minimum Gasteiger partial charge on any atom is -0.316 e. The lowest BCUT2D eigenvalue weighted by atomic mass is 10.1. The van der Waals surface area contributed by atoms with E-state index in [2.05, 4.69) is 43.0 Å². The maximum Gasteiger partial charge on any atom is 0.128 e. The van der Waals surface area contributed by atoms with Crippen LogP contribution in [0.4, 0.5) is 0 Å². The lowest BCUT2D eigenvalue weighted by molar-refractivity contribution is 0.662. The van der Waals surface area contributed by atoms with Crippen molar-refractivity contribution in [3.63, 3.8) is 0 Å². The van der Waals surface area contributed by atoms with Gasteiger partial charge in [0.15, 0.2) is 0 Å². The molecule has 1 N–H and O–H groups in total. The first-order valence-corrected chi connectivity index (χ1v) is 7.22. The Morgan fingerprint density at radius 3 is 2.11 bits per heavy atom. The molecule has 0 radical (unpaired) electrons. The van der Waals surface area contributed by atoms with Crippen LogP contribution in [0.5, 0.6) is 0 Å². The van der Waals surface area contributed by atoms with Gasteiger partial charge in [0.2, 0.25) is 0 Å². The zero-order valence-corrected chi connectivity index (χ0v) is 12.3. The van der Waals surface area contributed by atoms with Gasteiger partial charge < -0.3 is 5.32 Å². The summed E-state index contributed by atoms with van der Waals surface area (Å²) in [6.45, 7) is 10.7. The Hall–Kier alpha value is -0.960. The number of nitrogens with one attached hydrogen (secondary N) is 1. The van der Waals surface area contributed by atoms with Crippen LogP contribution in [0.15, 0.2) is 0 Å². The third-order valence-corrected chi connectivity index (χ3v) is 3.20. The minimum absolute atomic E-state index is 1.01. The van der Waals surface area contributed by atoms with Crippen LogP contribution in [0.3, 0.4) is 0 Å². The van der Waals surface area contributed by atoms with Crippen LogP contribution in [0.25, 0.3) is 0 Å². The van der Waals surface area contributed by atoms with Gasteiger partial charge in [-0.1, -0.05) is 20.3 Å². The highest BCUT2D eigenvalue weighted by Crippen LogP contribution is 2.12. The average molecular weight is 249 g/mol. The summed E-state index contributed by atoms with van der Waals surface area (Å²) in [4.78, 5) is 9.26. The molecule has 1 aromatic rings. The van der Waals surface area contributed by atoms with E-state index in [4.69, 9.17) is 0 Å². The number of rotatable bonds is 8. The SMILES string of the molecule is CCCCc1nc(C)c(CCNCCC)c(C)n1. The number of unbranched alkanes of at least 4 members (excludes halogenated alkanes) is 1. The molecule has 0 spiro atoms. The Bertz CT molecular complexity index is 338. The molecule has 1 rings (SSSR count). The van der Waals surface area contributed by atoms with Crippen molar-refractivity contribution in [2.24, 2.45) is 0 Å². The first-order chi connectivity index (χ1) is 8.69. The summed E-state index contributed by atoms with van der Waals surface area (Å²) >= 11 is 0. The Kier molecular flexibility index (Phi) is 6.88. The summed E-state index contributed by atoms with van der Waals surface area (Å²) < 4.78 is 0. The predicted molar refractivity (Wildman–Crippen MR) is 77.0 cm³/mol. The van der Waals surface area contributed by atoms with Gasteiger partial charge in [-0.05, 0) is 51.8 Å². The average Bonchev–Trinajstić information content (AvgIpc) is 2.34. The van der Waals surface area contributed by atoms with Crippen LogP contribution in [-0.4, -0.2) is 23.1 Å². The highest BCUT2D eigenvalue weighted by molar-refractivity contribution is 5.24. The smallest absolute Gasteiger partial charge is 0.128 e. The summed E-state index contributed by atoms with van der Waals surface area (Å²) in [6, 6.07) is 0. The minimum atomic E-state index is 1.01. The summed E-state index contributed by atoms with van der Waals surface area (Å²) in [5, 5.41) is 3.43. The quantitative estimate of drug-likeness (QED) is 0.720. The lowest BCUT2D eigenvalue weighted by Crippen LogP contribution is -2.19. The summed E-state index contributed by atoms with van der Waals surface area (Å²) in [6.07, 6.45) is 5.60. The molecule has 0 aliphatic heterocycles. The van der Waals surface area contributed by atoms with Crippen molar-refractivity contribution >= 4 is 0 Å². The van der Waals surface area contributed by atoms with E-state index in [1.807, 2.05) is 0 Å². The second kappa shape index (κ2) is 8.20. The van der Waals surface area contributed by atoms with Gasteiger partial charge in [-0.25, -0.2) is 9.97 Å².